The minimum absolute atomic E-state index is 0.0721. The van der Waals surface area contributed by atoms with Gasteiger partial charge >= 0.3 is 5.97 Å². The predicted molar refractivity (Wildman–Crippen MR) is 94.0 cm³/mol. The number of likely N-dealkylation sites (tertiary alicyclic amines) is 1. The first-order valence-corrected chi connectivity index (χ1v) is 8.46. The van der Waals surface area contributed by atoms with Crippen molar-refractivity contribution in [1.82, 2.24) is 10.2 Å². The monoisotopic (exact) mass is 372 g/mol. The number of carbonyl (C=O) groups excluding carboxylic acids is 2. The highest BCUT2D eigenvalue weighted by atomic mass is 16.5. The second-order valence-electron chi connectivity index (χ2n) is 6.31. The molecule has 0 aliphatic carbocycles. The molecule has 1 unspecified atom stereocenters. The summed E-state index contributed by atoms with van der Waals surface area (Å²) in [7, 11) is 1.59. The van der Waals surface area contributed by atoms with E-state index in [1.54, 1.807) is 12.0 Å². The van der Waals surface area contributed by atoms with Crippen molar-refractivity contribution in [2.75, 3.05) is 13.7 Å². The molecule has 1 saturated heterocycles. The molecule has 2 N–H and O–H groups in total. The molecule has 2 heterocycles. The van der Waals surface area contributed by atoms with Gasteiger partial charge in [-0.25, -0.2) is 4.79 Å². The molecule has 1 fully saturated rings. The highest BCUT2D eigenvalue weighted by Gasteiger charge is 2.34. The Morgan fingerprint density at radius 2 is 2.00 bits per heavy atom. The maximum absolute atomic E-state index is 12.3. The number of hydrogen-bond donors (Lipinski definition) is 2. The molecule has 1 aromatic heterocycles. The van der Waals surface area contributed by atoms with Crippen LogP contribution in [0.3, 0.4) is 0 Å². The van der Waals surface area contributed by atoms with Gasteiger partial charge < -0.3 is 24.5 Å². The Morgan fingerprint density at radius 3 is 2.63 bits per heavy atom. The Balaban J connectivity index is 1.52. The van der Waals surface area contributed by atoms with Crippen molar-refractivity contribution in [2.45, 2.75) is 19.5 Å². The maximum Gasteiger partial charge on any atom is 0.371 e. The number of hydrogen-bond acceptors (Lipinski definition) is 5. The second-order valence-corrected chi connectivity index (χ2v) is 6.31. The van der Waals surface area contributed by atoms with Gasteiger partial charge in [0.25, 0.3) is 0 Å². The highest BCUT2D eigenvalue weighted by Crippen LogP contribution is 2.21. The van der Waals surface area contributed by atoms with Gasteiger partial charge in [-0.2, -0.15) is 0 Å². The third-order valence-corrected chi connectivity index (χ3v) is 4.43. The van der Waals surface area contributed by atoms with Gasteiger partial charge in [-0.3, -0.25) is 9.59 Å². The lowest BCUT2D eigenvalue weighted by molar-refractivity contribution is -0.129. The molecule has 2 amide bonds. The molecular formula is C19H20N2O6. The van der Waals surface area contributed by atoms with E-state index in [1.807, 2.05) is 24.3 Å². The summed E-state index contributed by atoms with van der Waals surface area (Å²) in [6, 6.07) is 10.3. The van der Waals surface area contributed by atoms with E-state index < -0.39 is 11.9 Å². The molecular weight excluding hydrogens is 352 g/mol. The molecule has 3 rings (SSSR count). The van der Waals surface area contributed by atoms with Gasteiger partial charge in [0.15, 0.2) is 0 Å². The third kappa shape index (κ3) is 4.46. The largest absolute Gasteiger partial charge is 0.497 e. The number of furan rings is 1. The molecule has 0 saturated carbocycles. The van der Waals surface area contributed by atoms with E-state index in [0.717, 1.165) is 11.3 Å². The SMILES string of the molecule is COc1ccc(CN2CC(C(=O)NCc3ccc(C(=O)O)o3)CC2=O)cc1. The van der Waals surface area contributed by atoms with Crippen LogP contribution in [0.15, 0.2) is 40.8 Å². The average molecular weight is 372 g/mol. The van der Waals surface area contributed by atoms with Crippen molar-refractivity contribution in [3.8, 4) is 5.75 Å². The van der Waals surface area contributed by atoms with Crippen molar-refractivity contribution in [1.29, 1.82) is 0 Å². The fraction of sp³-hybridized carbons (Fsp3) is 0.316. The fourth-order valence-corrected chi connectivity index (χ4v) is 2.96. The smallest absolute Gasteiger partial charge is 0.371 e. The summed E-state index contributed by atoms with van der Waals surface area (Å²) in [6.07, 6.45) is 0.153. The number of methoxy groups -OCH3 is 1. The lowest BCUT2D eigenvalue weighted by atomic mass is 10.1. The van der Waals surface area contributed by atoms with Gasteiger partial charge in [-0.1, -0.05) is 12.1 Å². The van der Waals surface area contributed by atoms with Crippen LogP contribution in [0.2, 0.25) is 0 Å². The topological polar surface area (TPSA) is 109 Å². The molecule has 0 radical (unpaired) electrons. The molecule has 1 atom stereocenters. The lowest BCUT2D eigenvalue weighted by Gasteiger charge is -2.17. The van der Waals surface area contributed by atoms with Crippen LogP contribution in [0, 0.1) is 5.92 Å². The molecule has 27 heavy (non-hydrogen) atoms. The van der Waals surface area contributed by atoms with Crippen LogP contribution in [0.4, 0.5) is 0 Å². The minimum Gasteiger partial charge on any atom is -0.497 e. The number of carboxylic acid groups (broad SMARTS) is 1. The standard InChI is InChI=1S/C19H20N2O6/c1-26-14-4-2-12(3-5-14)10-21-11-13(8-17(21)22)18(23)20-9-15-6-7-16(27-15)19(24)25/h2-7,13H,8-11H2,1H3,(H,20,23)(H,24,25). The van der Waals surface area contributed by atoms with E-state index in [2.05, 4.69) is 5.32 Å². The van der Waals surface area contributed by atoms with E-state index in [4.69, 9.17) is 14.3 Å². The number of nitrogens with zero attached hydrogens (tertiary/aromatic N) is 1. The average Bonchev–Trinajstić information content (AvgIpc) is 3.28. The van der Waals surface area contributed by atoms with E-state index in [0.29, 0.717) is 18.8 Å². The summed E-state index contributed by atoms with van der Waals surface area (Å²) in [4.78, 5) is 37.0. The lowest BCUT2D eigenvalue weighted by Crippen LogP contribution is -2.32. The maximum atomic E-state index is 12.3. The van der Waals surface area contributed by atoms with E-state index in [9.17, 15) is 14.4 Å². The van der Waals surface area contributed by atoms with Crippen LogP contribution in [0.1, 0.15) is 28.3 Å². The van der Waals surface area contributed by atoms with Crippen LogP contribution >= 0.6 is 0 Å². The first kappa shape index (κ1) is 18.5. The second kappa shape index (κ2) is 7.94. The molecule has 0 spiro atoms. The summed E-state index contributed by atoms with van der Waals surface area (Å²) in [5.41, 5.74) is 0.960. The summed E-state index contributed by atoms with van der Waals surface area (Å²) in [6.45, 7) is 0.858. The summed E-state index contributed by atoms with van der Waals surface area (Å²) >= 11 is 0. The summed E-state index contributed by atoms with van der Waals surface area (Å²) in [5.74, 6) is -1.02. The number of carbonyl (C=O) groups is 3. The van der Waals surface area contributed by atoms with Crippen LogP contribution < -0.4 is 10.1 Å². The molecule has 8 heteroatoms. The van der Waals surface area contributed by atoms with Crippen LogP contribution in [0.25, 0.3) is 0 Å². The van der Waals surface area contributed by atoms with Crippen molar-refractivity contribution < 1.29 is 28.6 Å². The van der Waals surface area contributed by atoms with Gasteiger partial charge in [0.05, 0.1) is 19.6 Å². The third-order valence-electron chi connectivity index (χ3n) is 4.43. The minimum atomic E-state index is -1.16. The van der Waals surface area contributed by atoms with Crippen molar-refractivity contribution in [3.05, 3.63) is 53.5 Å². The van der Waals surface area contributed by atoms with Gasteiger partial charge in [-0.15, -0.1) is 0 Å². The first-order chi connectivity index (χ1) is 13.0. The number of ether oxygens (including phenoxy) is 1. The quantitative estimate of drug-likeness (QED) is 0.765. The zero-order valence-electron chi connectivity index (χ0n) is 14.8. The zero-order valence-corrected chi connectivity index (χ0v) is 14.8. The number of benzene rings is 1. The Morgan fingerprint density at radius 1 is 1.26 bits per heavy atom. The van der Waals surface area contributed by atoms with Gasteiger partial charge in [-0.05, 0) is 29.8 Å². The molecule has 1 aliphatic rings. The van der Waals surface area contributed by atoms with Crippen LogP contribution in [0.5, 0.6) is 5.75 Å². The molecule has 2 aromatic rings. The van der Waals surface area contributed by atoms with Crippen molar-refractivity contribution in [3.63, 3.8) is 0 Å². The number of carboxylic acids is 1. The van der Waals surface area contributed by atoms with E-state index in [-0.39, 0.29) is 30.5 Å². The molecule has 0 bridgehead atoms. The summed E-state index contributed by atoms with van der Waals surface area (Å²) in [5, 5.41) is 11.5. The fourth-order valence-electron chi connectivity index (χ4n) is 2.96. The molecule has 1 aliphatic heterocycles. The van der Waals surface area contributed by atoms with Gasteiger partial charge in [0.1, 0.15) is 11.5 Å². The van der Waals surface area contributed by atoms with Gasteiger partial charge in [0.2, 0.25) is 17.6 Å². The predicted octanol–water partition coefficient (Wildman–Crippen LogP) is 1.65. The number of aromatic carboxylic acids is 1. The van der Waals surface area contributed by atoms with E-state index >= 15 is 0 Å². The van der Waals surface area contributed by atoms with Gasteiger partial charge in [0, 0.05) is 19.5 Å². The van der Waals surface area contributed by atoms with Crippen LogP contribution in [-0.2, 0) is 22.7 Å². The molecule has 142 valence electrons. The number of amides is 2. The Kier molecular flexibility index (Phi) is 5.44. The number of rotatable bonds is 7. The zero-order chi connectivity index (χ0) is 19.4. The Labute approximate surface area is 155 Å². The first-order valence-electron chi connectivity index (χ1n) is 8.46. The van der Waals surface area contributed by atoms with E-state index in [1.165, 1.54) is 12.1 Å². The molecule has 8 nitrogen and oxygen atoms in total. The Bertz CT molecular complexity index is 842. The van der Waals surface area contributed by atoms with Crippen molar-refractivity contribution in [2.24, 2.45) is 5.92 Å². The molecule has 1 aromatic carbocycles. The Hall–Kier alpha value is -3.29. The number of nitrogens with one attached hydrogen (secondary N) is 1. The normalized spacial score (nSPS) is 16.4. The van der Waals surface area contributed by atoms with Crippen LogP contribution in [-0.4, -0.2) is 41.4 Å². The van der Waals surface area contributed by atoms with Crippen molar-refractivity contribution >= 4 is 17.8 Å². The summed E-state index contributed by atoms with van der Waals surface area (Å²) < 4.78 is 10.2. The highest BCUT2D eigenvalue weighted by molar-refractivity contribution is 5.89.